The van der Waals surface area contributed by atoms with Crippen molar-refractivity contribution >= 4 is 40.2 Å². The van der Waals surface area contributed by atoms with Crippen LogP contribution in [-0.2, 0) is 11.3 Å². The van der Waals surface area contributed by atoms with Crippen LogP contribution >= 0.6 is 11.6 Å². The molecule has 1 aromatic heterocycles. The molecule has 0 saturated heterocycles. The van der Waals surface area contributed by atoms with Crippen LogP contribution in [-0.4, -0.2) is 22.5 Å². The third-order valence-electron chi connectivity index (χ3n) is 5.10. The van der Waals surface area contributed by atoms with Gasteiger partial charge >= 0.3 is 0 Å². The van der Waals surface area contributed by atoms with E-state index in [0.717, 1.165) is 33.5 Å². The summed E-state index contributed by atoms with van der Waals surface area (Å²) in [7, 11) is 0. The zero-order valence-electron chi connectivity index (χ0n) is 18.0. The summed E-state index contributed by atoms with van der Waals surface area (Å²) in [5, 5.41) is 3.57. The van der Waals surface area contributed by atoms with E-state index in [1.165, 1.54) is 0 Å². The Bertz CT molecular complexity index is 1260. The van der Waals surface area contributed by atoms with E-state index >= 15 is 0 Å². The summed E-state index contributed by atoms with van der Waals surface area (Å²) in [5.74, 6) is 1.06. The van der Waals surface area contributed by atoms with Crippen molar-refractivity contribution in [3.8, 4) is 5.75 Å². The lowest BCUT2D eigenvalue weighted by Crippen LogP contribution is -2.24. The maximum atomic E-state index is 13.3. The number of halogens is 1. The van der Waals surface area contributed by atoms with Gasteiger partial charge in [-0.15, -0.1) is 0 Å². The molecule has 5 nitrogen and oxygen atoms in total. The van der Waals surface area contributed by atoms with E-state index in [1.54, 1.807) is 12.1 Å². The Morgan fingerprint density at radius 1 is 1.12 bits per heavy atom. The number of aryl methyl sites for hydroxylation is 1. The first-order valence-corrected chi connectivity index (χ1v) is 10.8. The van der Waals surface area contributed by atoms with E-state index in [2.05, 4.69) is 15.3 Å². The number of H-pyrrole nitrogens is 1. The summed E-state index contributed by atoms with van der Waals surface area (Å²) in [5.41, 5.74) is 4.82. The zero-order valence-corrected chi connectivity index (χ0v) is 18.7. The van der Waals surface area contributed by atoms with Crippen LogP contribution in [0.15, 0.2) is 66.7 Å². The van der Waals surface area contributed by atoms with Crippen molar-refractivity contribution < 1.29 is 9.53 Å². The number of hydrogen-bond acceptors (Lipinski definition) is 3. The second kappa shape index (κ2) is 9.71. The molecule has 1 heterocycles. The fourth-order valence-corrected chi connectivity index (χ4v) is 3.60. The number of hydrogen-bond donors (Lipinski definition) is 2. The van der Waals surface area contributed by atoms with Crippen LogP contribution in [0.2, 0.25) is 5.02 Å². The Kier molecular flexibility index (Phi) is 6.57. The summed E-state index contributed by atoms with van der Waals surface area (Å²) in [6.45, 7) is 4.90. The molecular formula is C26H24ClN3O2. The molecule has 1 amide bonds. The largest absolute Gasteiger partial charge is 0.494 e. The van der Waals surface area contributed by atoms with Gasteiger partial charge in [-0.25, -0.2) is 4.98 Å². The molecule has 4 aromatic rings. The maximum absolute atomic E-state index is 13.3. The van der Waals surface area contributed by atoms with Gasteiger partial charge in [0.1, 0.15) is 11.6 Å². The molecule has 2 N–H and O–H groups in total. The summed E-state index contributed by atoms with van der Waals surface area (Å²) in [4.78, 5) is 21.1. The summed E-state index contributed by atoms with van der Waals surface area (Å²) >= 11 is 6.35. The third-order valence-corrected chi connectivity index (χ3v) is 5.44. The third kappa shape index (κ3) is 4.84. The highest BCUT2D eigenvalue weighted by Gasteiger charge is 2.17. The van der Waals surface area contributed by atoms with E-state index in [0.29, 0.717) is 29.6 Å². The lowest BCUT2D eigenvalue weighted by Gasteiger charge is -2.11. The summed E-state index contributed by atoms with van der Waals surface area (Å²) < 4.78 is 5.67. The molecule has 0 radical (unpaired) electrons. The van der Waals surface area contributed by atoms with Crippen molar-refractivity contribution in [2.24, 2.45) is 0 Å². The smallest absolute Gasteiger partial charge is 0.255 e. The van der Waals surface area contributed by atoms with Crippen LogP contribution in [0.25, 0.3) is 22.7 Å². The van der Waals surface area contributed by atoms with Crippen LogP contribution < -0.4 is 10.1 Å². The number of aromatic amines is 1. The average molecular weight is 446 g/mol. The number of fused-ring (bicyclic) bond motifs is 1. The van der Waals surface area contributed by atoms with Gasteiger partial charge in [0.2, 0.25) is 0 Å². The molecule has 162 valence electrons. The fraction of sp³-hybridized carbons (Fsp3) is 0.154. The van der Waals surface area contributed by atoms with Gasteiger partial charge in [-0.1, -0.05) is 54.1 Å². The molecule has 0 aliphatic heterocycles. The van der Waals surface area contributed by atoms with Gasteiger partial charge in [-0.05, 0) is 60.9 Å². The van der Waals surface area contributed by atoms with Crippen molar-refractivity contribution in [2.75, 3.05) is 6.61 Å². The minimum atomic E-state index is -0.248. The minimum absolute atomic E-state index is 0.248. The first kappa shape index (κ1) is 21.7. The molecule has 0 aliphatic carbocycles. The SMILES string of the molecule is CCOc1cc(CNC(=O)/C(=C/c2ccccc2Cl)c2nc3ccccc3[nH]2)ccc1C. The van der Waals surface area contributed by atoms with Gasteiger partial charge < -0.3 is 15.0 Å². The Labute approximate surface area is 192 Å². The van der Waals surface area contributed by atoms with Gasteiger partial charge in [-0.2, -0.15) is 0 Å². The normalized spacial score (nSPS) is 11.5. The van der Waals surface area contributed by atoms with E-state index in [-0.39, 0.29) is 5.91 Å². The fourth-order valence-electron chi connectivity index (χ4n) is 3.41. The monoisotopic (exact) mass is 445 g/mol. The summed E-state index contributed by atoms with van der Waals surface area (Å²) in [6.07, 6.45) is 1.76. The molecule has 3 aromatic carbocycles. The van der Waals surface area contributed by atoms with Gasteiger partial charge in [0.25, 0.3) is 5.91 Å². The highest BCUT2D eigenvalue weighted by Crippen LogP contribution is 2.24. The van der Waals surface area contributed by atoms with E-state index in [9.17, 15) is 4.79 Å². The maximum Gasteiger partial charge on any atom is 0.255 e. The number of carbonyl (C=O) groups excluding carboxylic acids is 1. The van der Waals surface area contributed by atoms with E-state index < -0.39 is 0 Å². The van der Waals surface area contributed by atoms with Crippen LogP contribution in [0.4, 0.5) is 0 Å². The second-order valence-corrected chi connectivity index (χ2v) is 7.80. The van der Waals surface area contributed by atoms with E-state index in [4.69, 9.17) is 16.3 Å². The quantitative estimate of drug-likeness (QED) is 0.354. The molecule has 32 heavy (non-hydrogen) atoms. The lowest BCUT2D eigenvalue weighted by atomic mass is 10.1. The Morgan fingerprint density at radius 3 is 2.69 bits per heavy atom. The number of benzene rings is 3. The van der Waals surface area contributed by atoms with Crippen molar-refractivity contribution in [1.82, 2.24) is 15.3 Å². The minimum Gasteiger partial charge on any atom is -0.494 e. The first-order chi connectivity index (χ1) is 15.5. The number of amides is 1. The number of imidazole rings is 1. The Morgan fingerprint density at radius 2 is 1.91 bits per heavy atom. The topological polar surface area (TPSA) is 67.0 Å². The molecule has 0 spiro atoms. The number of nitrogens with one attached hydrogen (secondary N) is 2. The van der Waals surface area contributed by atoms with Gasteiger partial charge in [0.05, 0.1) is 23.2 Å². The Balaban J connectivity index is 1.65. The molecule has 0 fully saturated rings. The number of rotatable bonds is 7. The molecule has 0 atom stereocenters. The predicted octanol–water partition coefficient (Wildman–Crippen LogP) is 5.78. The molecule has 4 rings (SSSR count). The van der Waals surface area contributed by atoms with Gasteiger partial charge in [-0.3, -0.25) is 4.79 Å². The number of carbonyl (C=O) groups is 1. The number of aromatic nitrogens is 2. The molecule has 0 unspecified atom stereocenters. The van der Waals surface area contributed by atoms with Crippen molar-refractivity contribution in [2.45, 2.75) is 20.4 Å². The van der Waals surface area contributed by atoms with Gasteiger partial charge in [0, 0.05) is 11.6 Å². The van der Waals surface area contributed by atoms with Crippen LogP contribution in [0.5, 0.6) is 5.75 Å². The highest BCUT2D eigenvalue weighted by atomic mass is 35.5. The highest BCUT2D eigenvalue weighted by molar-refractivity contribution is 6.33. The number of nitrogens with zero attached hydrogens (tertiary/aromatic N) is 1. The second-order valence-electron chi connectivity index (χ2n) is 7.40. The van der Waals surface area contributed by atoms with Gasteiger partial charge in [0.15, 0.2) is 0 Å². The average Bonchev–Trinajstić information content (AvgIpc) is 3.23. The Hall–Kier alpha value is -3.57. The number of ether oxygens (including phenoxy) is 1. The van der Waals surface area contributed by atoms with E-state index in [1.807, 2.05) is 74.5 Å². The molecule has 6 heteroatoms. The standard InChI is InChI=1S/C26H24ClN3O2/c1-3-32-24-14-18(13-12-17(24)2)16-28-26(31)20(15-19-8-4-5-9-21(19)27)25-29-22-10-6-7-11-23(22)30-25/h4-15H,3,16H2,1-2H3,(H,28,31)(H,29,30)/b20-15+. The van der Waals surface area contributed by atoms with Crippen molar-refractivity contribution in [3.63, 3.8) is 0 Å². The predicted molar refractivity (Wildman–Crippen MR) is 130 cm³/mol. The summed E-state index contributed by atoms with van der Waals surface area (Å²) in [6, 6.07) is 21.0. The van der Waals surface area contributed by atoms with Crippen molar-refractivity contribution in [1.29, 1.82) is 0 Å². The molecule has 0 saturated carbocycles. The first-order valence-electron chi connectivity index (χ1n) is 10.5. The molecule has 0 bridgehead atoms. The van der Waals surface area contributed by atoms with Crippen LogP contribution in [0, 0.1) is 6.92 Å². The van der Waals surface area contributed by atoms with Crippen LogP contribution in [0.1, 0.15) is 29.4 Å². The zero-order chi connectivity index (χ0) is 22.5. The lowest BCUT2D eigenvalue weighted by molar-refractivity contribution is -0.115. The van der Waals surface area contributed by atoms with Crippen molar-refractivity contribution in [3.05, 3.63) is 94.3 Å². The van der Waals surface area contributed by atoms with Crippen LogP contribution in [0.3, 0.4) is 0 Å². The number of para-hydroxylation sites is 2. The molecular weight excluding hydrogens is 422 g/mol. The molecule has 0 aliphatic rings.